The summed E-state index contributed by atoms with van der Waals surface area (Å²) >= 11 is 0. The molecule has 0 aliphatic carbocycles. The molecule has 1 N–H and O–H groups in total. The van der Waals surface area contributed by atoms with Crippen molar-refractivity contribution in [3.05, 3.63) is 18.0 Å². The maximum atomic E-state index is 5.60. The summed E-state index contributed by atoms with van der Waals surface area (Å²) in [4.78, 5) is 0. The van der Waals surface area contributed by atoms with E-state index in [1.165, 1.54) is 6.42 Å². The van der Waals surface area contributed by atoms with Gasteiger partial charge in [-0.25, -0.2) is 0 Å². The van der Waals surface area contributed by atoms with Crippen molar-refractivity contribution in [1.29, 1.82) is 0 Å². The molecule has 2 heterocycles. The van der Waals surface area contributed by atoms with Crippen LogP contribution in [0.2, 0.25) is 0 Å². The predicted molar refractivity (Wildman–Crippen MR) is 53.8 cm³/mol. The second-order valence-electron chi connectivity index (χ2n) is 3.85. The average Bonchev–Trinajstić information content (AvgIpc) is 2.77. The monoisotopic (exact) mass is 195 g/mol. The highest BCUT2D eigenvalue weighted by atomic mass is 16.5. The number of ether oxygens (including phenoxy) is 1. The fraction of sp³-hybridized carbons (Fsp3) is 0.700. The van der Waals surface area contributed by atoms with Gasteiger partial charge in [-0.1, -0.05) is 0 Å². The summed E-state index contributed by atoms with van der Waals surface area (Å²) in [7, 11) is 1.92. The first-order valence-electron chi connectivity index (χ1n) is 5.11. The molecule has 1 saturated heterocycles. The van der Waals surface area contributed by atoms with Crippen LogP contribution in [0.25, 0.3) is 0 Å². The first-order chi connectivity index (χ1) is 6.84. The second-order valence-corrected chi connectivity index (χ2v) is 3.85. The molecular weight excluding hydrogens is 178 g/mol. The first kappa shape index (κ1) is 9.68. The Balaban J connectivity index is 1.67. The summed E-state index contributed by atoms with van der Waals surface area (Å²) < 4.78 is 7.40. The molecule has 0 aromatic carbocycles. The highest BCUT2D eigenvalue weighted by molar-refractivity contribution is 4.96. The number of hydrogen-bond donors (Lipinski definition) is 1. The van der Waals surface area contributed by atoms with Crippen molar-refractivity contribution in [2.24, 2.45) is 13.0 Å². The number of rotatable bonds is 4. The third kappa shape index (κ3) is 2.56. The van der Waals surface area contributed by atoms with Gasteiger partial charge in [-0.3, -0.25) is 4.68 Å². The van der Waals surface area contributed by atoms with Crippen molar-refractivity contribution >= 4 is 0 Å². The smallest absolute Gasteiger partial charge is 0.0906 e. The summed E-state index contributed by atoms with van der Waals surface area (Å²) in [6.45, 7) is 3.72. The van der Waals surface area contributed by atoms with Gasteiger partial charge in [0.2, 0.25) is 0 Å². The van der Waals surface area contributed by atoms with Gasteiger partial charge in [-0.15, -0.1) is 0 Å². The quantitative estimate of drug-likeness (QED) is 0.762. The van der Waals surface area contributed by atoms with E-state index in [4.69, 9.17) is 4.74 Å². The van der Waals surface area contributed by atoms with E-state index in [2.05, 4.69) is 10.4 Å². The summed E-state index contributed by atoms with van der Waals surface area (Å²) in [6, 6.07) is 1.99. The Morgan fingerprint density at radius 1 is 1.71 bits per heavy atom. The molecule has 1 aliphatic heterocycles. The maximum Gasteiger partial charge on any atom is 0.0906 e. The number of aromatic nitrogens is 2. The van der Waals surface area contributed by atoms with Gasteiger partial charge in [-0.05, 0) is 24.9 Å². The molecule has 4 heteroatoms. The van der Waals surface area contributed by atoms with Crippen LogP contribution in [0, 0.1) is 5.92 Å². The minimum absolute atomic E-state index is 0.636. The van der Waals surface area contributed by atoms with Gasteiger partial charge in [0.15, 0.2) is 0 Å². The Morgan fingerprint density at radius 2 is 2.64 bits per heavy atom. The van der Waals surface area contributed by atoms with Gasteiger partial charge in [0.1, 0.15) is 0 Å². The Bertz CT molecular complexity index is 279. The lowest BCUT2D eigenvalue weighted by molar-refractivity contribution is 0.0899. The van der Waals surface area contributed by atoms with Gasteiger partial charge in [0.25, 0.3) is 0 Å². The van der Waals surface area contributed by atoms with E-state index in [0.717, 1.165) is 25.4 Å². The minimum atomic E-state index is 0.636. The molecule has 0 bridgehead atoms. The second kappa shape index (κ2) is 4.57. The Labute approximate surface area is 84.3 Å². The van der Waals surface area contributed by atoms with Gasteiger partial charge in [0.05, 0.1) is 18.9 Å². The SMILES string of the molecule is Cn1ccc(COCC2CCNC2)n1. The number of aryl methyl sites for hydroxylation is 1. The highest BCUT2D eigenvalue weighted by Crippen LogP contribution is 2.08. The molecule has 1 unspecified atom stereocenters. The molecule has 14 heavy (non-hydrogen) atoms. The van der Waals surface area contributed by atoms with Crippen molar-refractivity contribution in [2.75, 3.05) is 19.7 Å². The molecule has 78 valence electrons. The van der Waals surface area contributed by atoms with Crippen LogP contribution in [-0.4, -0.2) is 29.5 Å². The molecule has 1 atom stereocenters. The fourth-order valence-corrected chi connectivity index (χ4v) is 1.73. The summed E-state index contributed by atoms with van der Waals surface area (Å²) in [6.07, 6.45) is 3.18. The van der Waals surface area contributed by atoms with Crippen LogP contribution < -0.4 is 5.32 Å². The fourth-order valence-electron chi connectivity index (χ4n) is 1.73. The van der Waals surface area contributed by atoms with Crippen molar-refractivity contribution in [3.63, 3.8) is 0 Å². The van der Waals surface area contributed by atoms with E-state index in [-0.39, 0.29) is 0 Å². The lowest BCUT2D eigenvalue weighted by atomic mass is 10.1. The summed E-state index contributed by atoms with van der Waals surface area (Å²) in [5.74, 6) is 0.693. The molecule has 1 aliphatic rings. The molecule has 1 aromatic heterocycles. The zero-order chi connectivity index (χ0) is 9.80. The third-order valence-electron chi connectivity index (χ3n) is 2.53. The lowest BCUT2D eigenvalue weighted by Gasteiger charge is -2.07. The van der Waals surface area contributed by atoms with Crippen LogP contribution in [0.1, 0.15) is 12.1 Å². The molecule has 1 aromatic rings. The van der Waals surface area contributed by atoms with E-state index < -0.39 is 0 Å². The van der Waals surface area contributed by atoms with Crippen LogP contribution in [0.3, 0.4) is 0 Å². The van der Waals surface area contributed by atoms with Crippen molar-refractivity contribution < 1.29 is 4.74 Å². The molecule has 1 fully saturated rings. The number of nitrogens with zero attached hydrogens (tertiary/aromatic N) is 2. The lowest BCUT2D eigenvalue weighted by Crippen LogP contribution is -2.13. The van der Waals surface area contributed by atoms with E-state index in [9.17, 15) is 0 Å². The van der Waals surface area contributed by atoms with Gasteiger partial charge in [-0.2, -0.15) is 5.10 Å². The Morgan fingerprint density at radius 3 is 3.29 bits per heavy atom. The van der Waals surface area contributed by atoms with Crippen LogP contribution >= 0.6 is 0 Å². The predicted octanol–water partition coefficient (Wildman–Crippen LogP) is 0.546. The van der Waals surface area contributed by atoms with Crippen molar-refractivity contribution in [1.82, 2.24) is 15.1 Å². The maximum absolute atomic E-state index is 5.60. The van der Waals surface area contributed by atoms with Crippen molar-refractivity contribution in [2.45, 2.75) is 13.0 Å². The summed E-state index contributed by atoms with van der Waals surface area (Å²) in [5.41, 5.74) is 1.01. The molecule has 4 nitrogen and oxygen atoms in total. The van der Waals surface area contributed by atoms with Crippen LogP contribution in [0.15, 0.2) is 12.3 Å². The molecular formula is C10H17N3O. The van der Waals surface area contributed by atoms with Crippen LogP contribution in [0.5, 0.6) is 0 Å². The van der Waals surface area contributed by atoms with Gasteiger partial charge in [0, 0.05) is 19.8 Å². The molecule has 0 radical (unpaired) electrons. The molecule has 2 rings (SSSR count). The Kier molecular flexibility index (Phi) is 3.16. The van der Waals surface area contributed by atoms with Crippen LogP contribution in [-0.2, 0) is 18.4 Å². The van der Waals surface area contributed by atoms with E-state index in [1.54, 1.807) is 4.68 Å². The largest absolute Gasteiger partial charge is 0.375 e. The van der Waals surface area contributed by atoms with Gasteiger partial charge < -0.3 is 10.1 Å². The molecule has 0 spiro atoms. The Hall–Kier alpha value is -0.870. The zero-order valence-corrected chi connectivity index (χ0v) is 8.57. The number of nitrogens with one attached hydrogen (secondary N) is 1. The van der Waals surface area contributed by atoms with E-state index in [0.29, 0.717) is 12.5 Å². The van der Waals surface area contributed by atoms with Gasteiger partial charge >= 0.3 is 0 Å². The van der Waals surface area contributed by atoms with Crippen molar-refractivity contribution in [3.8, 4) is 0 Å². The standard InChI is InChI=1S/C10H17N3O/c1-13-5-3-10(12-13)8-14-7-9-2-4-11-6-9/h3,5,9,11H,2,4,6-8H2,1H3. The minimum Gasteiger partial charge on any atom is -0.375 e. The van der Waals surface area contributed by atoms with E-state index in [1.807, 2.05) is 19.3 Å². The highest BCUT2D eigenvalue weighted by Gasteiger charge is 2.14. The topological polar surface area (TPSA) is 39.1 Å². The first-order valence-corrected chi connectivity index (χ1v) is 5.11. The third-order valence-corrected chi connectivity index (χ3v) is 2.53. The molecule has 0 amide bonds. The molecule has 0 saturated carbocycles. The average molecular weight is 195 g/mol. The van der Waals surface area contributed by atoms with Crippen LogP contribution in [0.4, 0.5) is 0 Å². The normalized spacial score (nSPS) is 21.6. The van der Waals surface area contributed by atoms with E-state index >= 15 is 0 Å². The summed E-state index contributed by atoms with van der Waals surface area (Å²) in [5, 5.41) is 7.58. The zero-order valence-electron chi connectivity index (χ0n) is 8.57. The number of hydrogen-bond acceptors (Lipinski definition) is 3.